The molecule has 2 nitrogen and oxygen atoms in total. The van der Waals surface area contributed by atoms with Crippen LogP contribution >= 0.6 is 0 Å². The quantitative estimate of drug-likeness (QED) is 0.820. The zero-order chi connectivity index (χ0) is 10.7. The van der Waals surface area contributed by atoms with E-state index >= 15 is 0 Å². The van der Waals surface area contributed by atoms with Gasteiger partial charge < -0.3 is 9.73 Å². The fourth-order valence-electron chi connectivity index (χ4n) is 2.56. The molecule has 3 atom stereocenters. The lowest BCUT2D eigenvalue weighted by Gasteiger charge is -2.29. The van der Waals surface area contributed by atoms with E-state index in [0.717, 1.165) is 5.92 Å². The van der Waals surface area contributed by atoms with Crippen LogP contribution in [0, 0.1) is 5.92 Å². The number of hydrogen-bond donors (Lipinski definition) is 1. The number of rotatable bonds is 3. The first kappa shape index (κ1) is 10.7. The van der Waals surface area contributed by atoms with Gasteiger partial charge in [-0.1, -0.05) is 19.8 Å². The Morgan fingerprint density at radius 1 is 1.47 bits per heavy atom. The summed E-state index contributed by atoms with van der Waals surface area (Å²) in [6.45, 7) is 4.57. The van der Waals surface area contributed by atoms with Crippen molar-refractivity contribution in [1.82, 2.24) is 5.32 Å². The van der Waals surface area contributed by atoms with Crippen molar-refractivity contribution in [3.05, 3.63) is 24.2 Å². The van der Waals surface area contributed by atoms with Crippen LogP contribution in [-0.2, 0) is 0 Å². The van der Waals surface area contributed by atoms with Crippen molar-refractivity contribution >= 4 is 0 Å². The first-order chi connectivity index (χ1) is 7.25. The molecule has 1 saturated carbocycles. The van der Waals surface area contributed by atoms with Gasteiger partial charge in [0, 0.05) is 17.6 Å². The fourth-order valence-corrected chi connectivity index (χ4v) is 2.56. The van der Waals surface area contributed by atoms with E-state index in [9.17, 15) is 0 Å². The lowest BCUT2D eigenvalue weighted by Crippen LogP contribution is -2.35. The van der Waals surface area contributed by atoms with Gasteiger partial charge in [-0.25, -0.2) is 0 Å². The molecule has 0 aliphatic heterocycles. The van der Waals surface area contributed by atoms with Crippen LogP contribution in [0.3, 0.4) is 0 Å². The van der Waals surface area contributed by atoms with Crippen LogP contribution < -0.4 is 5.32 Å². The molecule has 1 heterocycles. The molecule has 0 aromatic carbocycles. The summed E-state index contributed by atoms with van der Waals surface area (Å²) < 4.78 is 5.11. The van der Waals surface area contributed by atoms with E-state index in [-0.39, 0.29) is 0 Å². The Hall–Kier alpha value is -0.760. The van der Waals surface area contributed by atoms with E-state index in [4.69, 9.17) is 4.42 Å². The molecule has 1 aliphatic rings. The number of nitrogens with one attached hydrogen (secondary N) is 1. The molecule has 3 unspecified atom stereocenters. The van der Waals surface area contributed by atoms with Crippen LogP contribution in [0.25, 0.3) is 0 Å². The topological polar surface area (TPSA) is 25.2 Å². The Morgan fingerprint density at radius 2 is 2.33 bits per heavy atom. The van der Waals surface area contributed by atoms with Crippen molar-refractivity contribution in [3.8, 4) is 0 Å². The van der Waals surface area contributed by atoms with Gasteiger partial charge in [0.05, 0.1) is 12.5 Å². The highest BCUT2D eigenvalue weighted by molar-refractivity contribution is 5.10. The van der Waals surface area contributed by atoms with Crippen molar-refractivity contribution in [2.24, 2.45) is 5.92 Å². The summed E-state index contributed by atoms with van der Waals surface area (Å²) in [5, 5.41) is 3.69. The van der Waals surface area contributed by atoms with Gasteiger partial charge in [0.1, 0.15) is 0 Å². The monoisotopic (exact) mass is 207 g/mol. The summed E-state index contributed by atoms with van der Waals surface area (Å²) in [5.74, 6) is 0.882. The third kappa shape index (κ3) is 2.85. The van der Waals surface area contributed by atoms with Crippen molar-refractivity contribution < 1.29 is 4.42 Å². The summed E-state index contributed by atoms with van der Waals surface area (Å²) in [7, 11) is 0. The third-order valence-corrected chi connectivity index (χ3v) is 3.47. The highest BCUT2D eigenvalue weighted by Gasteiger charge is 2.20. The van der Waals surface area contributed by atoms with E-state index in [2.05, 4.69) is 19.2 Å². The maximum atomic E-state index is 5.11. The minimum Gasteiger partial charge on any atom is -0.472 e. The smallest absolute Gasteiger partial charge is 0.0950 e. The number of hydrogen-bond acceptors (Lipinski definition) is 2. The summed E-state index contributed by atoms with van der Waals surface area (Å²) in [5.41, 5.74) is 1.26. The van der Waals surface area contributed by atoms with Crippen molar-refractivity contribution in [1.29, 1.82) is 0 Å². The largest absolute Gasteiger partial charge is 0.472 e. The molecule has 1 aromatic heterocycles. The second-order valence-corrected chi connectivity index (χ2v) is 4.91. The molecule has 0 spiro atoms. The molecule has 0 bridgehead atoms. The van der Waals surface area contributed by atoms with E-state index in [1.807, 2.05) is 12.3 Å². The first-order valence-electron chi connectivity index (χ1n) is 6.04. The van der Waals surface area contributed by atoms with E-state index in [1.54, 1.807) is 6.26 Å². The Kier molecular flexibility index (Phi) is 3.47. The molecule has 0 amide bonds. The Morgan fingerprint density at radius 3 is 3.00 bits per heavy atom. The van der Waals surface area contributed by atoms with Gasteiger partial charge in [0.2, 0.25) is 0 Å². The number of furan rings is 1. The van der Waals surface area contributed by atoms with Gasteiger partial charge in [-0.05, 0) is 31.7 Å². The molecule has 1 aromatic rings. The van der Waals surface area contributed by atoms with Crippen molar-refractivity contribution in [2.75, 3.05) is 0 Å². The second-order valence-electron chi connectivity index (χ2n) is 4.91. The van der Waals surface area contributed by atoms with Crippen LogP contribution in [0.2, 0.25) is 0 Å². The SMILES string of the molecule is CC1CCCC(NC(C)c2ccoc2)C1. The standard InChI is InChI=1S/C13H21NO/c1-10-4-3-5-13(8-10)14-11(2)12-6-7-15-9-12/h6-7,9-11,13-14H,3-5,8H2,1-2H3. The molecule has 15 heavy (non-hydrogen) atoms. The van der Waals surface area contributed by atoms with Crippen molar-refractivity contribution in [2.45, 2.75) is 51.6 Å². The van der Waals surface area contributed by atoms with E-state index in [1.165, 1.54) is 31.2 Å². The lowest BCUT2D eigenvalue weighted by molar-refractivity contribution is 0.285. The fraction of sp³-hybridized carbons (Fsp3) is 0.692. The molecule has 2 rings (SSSR count). The average Bonchev–Trinajstić information content (AvgIpc) is 2.70. The van der Waals surface area contributed by atoms with Crippen LogP contribution in [0.15, 0.2) is 23.0 Å². The molecule has 1 aliphatic carbocycles. The Bertz CT molecular complexity index is 281. The molecule has 0 radical (unpaired) electrons. The molecular weight excluding hydrogens is 186 g/mol. The van der Waals surface area contributed by atoms with Crippen LogP contribution in [0.1, 0.15) is 51.1 Å². The summed E-state index contributed by atoms with van der Waals surface area (Å²) in [6, 6.07) is 3.15. The molecule has 0 saturated heterocycles. The highest BCUT2D eigenvalue weighted by atomic mass is 16.3. The van der Waals surface area contributed by atoms with Gasteiger partial charge in [-0.15, -0.1) is 0 Å². The predicted octanol–water partition coefficient (Wildman–Crippen LogP) is 3.51. The van der Waals surface area contributed by atoms with Crippen LogP contribution in [-0.4, -0.2) is 6.04 Å². The van der Waals surface area contributed by atoms with Crippen LogP contribution in [0.5, 0.6) is 0 Å². The normalized spacial score (nSPS) is 28.9. The first-order valence-corrected chi connectivity index (χ1v) is 6.04. The highest BCUT2D eigenvalue weighted by Crippen LogP contribution is 2.25. The summed E-state index contributed by atoms with van der Waals surface area (Å²) in [4.78, 5) is 0. The van der Waals surface area contributed by atoms with Crippen molar-refractivity contribution in [3.63, 3.8) is 0 Å². The predicted molar refractivity (Wildman–Crippen MR) is 61.7 cm³/mol. The minimum absolute atomic E-state index is 0.416. The third-order valence-electron chi connectivity index (χ3n) is 3.47. The van der Waals surface area contributed by atoms with Gasteiger partial charge in [0.15, 0.2) is 0 Å². The van der Waals surface area contributed by atoms with E-state index in [0.29, 0.717) is 12.1 Å². The second kappa shape index (κ2) is 4.84. The Labute approximate surface area is 92.1 Å². The maximum Gasteiger partial charge on any atom is 0.0950 e. The molecular formula is C13H21NO. The maximum absolute atomic E-state index is 5.11. The van der Waals surface area contributed by atoms with Crippen LogP contribution in [0.4, 0.5) is 0 Å². The molecule has 1 N–H and O–H groups in total. The minimum atomic E-state index is 0.416. The lowest BCUT2D eigenvalue weighted by atomic mass is 9.86. The molecule has 2 heteroatoms. The zero-order valence-corrected chi connectivity index (χ0v) is 9.70. The van der Waals surface area contributed by atoms with Gasteiger partial charge in [-0.2, -0.15) is 0 Å². The van der Waals surface area contributed by atoms with Gasteiger partial charge >= 0.3 is 0 Å². The van der Waals surface area contributed by atoms with E-state index < -0.39 is 0 Å². The molecule has 84 valence electrons. The summed E-state index contributed by atoms with van der Waals surface area (Å²) in [6.07, 6.45) is 9.00. The van der Waals surface area contributed by atoms with Gasteiger partial charge in [0.25, 0.3) is 0 Å². The summed E-state index contributed by atoms with van der Waals surface area (Å²) >= 11 is 0. The van der Waals surface area contributed by atoms with Gasteiger partial charge in [-0.3, -0.25) is 0 Å². The Balaban J connectivity index is 1.86. The average molecular weight is 207 g/mol. The zero-order valence-electron chi connectivity index (χ0n) is 9.70. The molecule has 1 fully saturated rings.